The van der Waals surface area contributed by atoms with E-state index >= 15 is 0 Å². The maximum Gasteiger partial charge on any atom is 0.264 e. The van der Waals surface area contributed by atoms with Crippen molar-refractivity contribution in [2.45, 2.75) is 12.8 Å². The first-order chi connectivity index (χ1) is 6.92. The molecule has 0 rings (SSSR count). The lowest BCUT2D eigenvalue weighted by molar-refractivity contribution is 0.469. The van der Waals surface area contributed by atoms with Crippen LogP contribution in [0, 0.1) is 0 Å². The standard InChI is InChI=1S/C6H14O3S2.CH4O3S/c1-10(2)5-3-4-6-11(7,8)9;1-5(2,3)4/h3-6H2,1-2H3;1H3,(H,2,3,4). The molecule has 0 bridgehead atoms. The predicted octanol–water partition coefficient (Wildman–Crippen LogP) is -0.306. The average molecular weight is 294 g/mol. The molecule has 0 heterocycles. The molecule has 0 unspecified atom stereocenters. The van der Waals surface area contributed by atoms with E-state index in [1.54, 1.807) is 0 Å². The van der Waals surface area contributed by atoms with Gasteiger partial charge in [-0.1, -0.05) is 0 Å². The van der Waals surface area contributed by atoms with Gasteiger partial charge in [-0.15, -0.1) is 0 Å². The smallest absolute Gasteiger partial charge is 0.264 e. The molecule has 0 fully saturated rings. The predicted molar refractivity (Wildman–Crippen MR) is 65.4 cm³/mol. The van der Waals surface area contributed by atoms with Crippen molar-refractivity contribution >= 4 is 31.1 Å². The molecule has 0 amide bonds. The van der Waals surface area contributed by atoms with Crippen LogP contribution in [-0.2, 0) is 31.1 Å². The second-order valence-corrected chi connectivity index (χ2v) is 8.75. The second-order valence-electron chi connectivity index (χ2n) is 3.39. The first-order valence-corrected chi connectivity index (χ1v) is 9.95. The molecule has 9 heteroatoms. The van der Waals surface area contributed by atoms with Crippen LogP contribution in [0.25, 0.3) is 0 Å². The summed E-state index contributed by atoms with van der Waals surface area (Å²) in [5, 5.41) is 0. The summed E-state index contributed by atoms with van der Waals surface area (Å²) >= 11 is 0. The van der Waals surface area contributed by atoms with Gasteiger partial charge < -0.3 is 4.55 Å². The van der Waals surface area contributed by atoms with Crippen LogP contribution in [-0.4, -0.2) is 56.2 Å². The molecule has 0 aliphatic rings. The van der Waals surface area contributed by atoms with Crippen molar-refractivity contribution in [3.63, 3.8) is 0 Å². The van der Waals surface area contributed by atoms with E-state index < -0.39 is 20.2 Å². The van der Waals surface area contributed by atoms with Gasteiger partial charge in [-0.25, -0.2) is 8.42 Å². The van der Waals surface area contributed by atoms with Gasteiger partial charge in [0, 0.05) is 6.26 Å². The number of rotatable bonds is 5. The van der Waals surface area contributed by atoms with Crippen LogP contribution in [0.2, 0.25) is 0 Å². The van der Waals surface area contributed by atoms with Crippen molar-refractivity contribution in [1.29, 1.82) is 0 Å². The highest BCUT2D eigenvalue weighted by atomic mass is 32.2. The van der Waals surface area contributed by atoms with Gasteiger partial charge >= 0.3 is 0 Å². The summed E-state index contributed by atoms with van der Waals surface area (Å²) < 4.78 is 56.1. The van der Waals surface area contributed by atoms with Gasteiger partial charge in [-0.3, -0.25) is 4.55 Å². The molecule has 16 heavy (non-hydrogen) atoms. The Balaban J connectivity index is 0. The maximum atomic E-state index is 10.2. The molecule has 0 aromatic rings. The normalized spacial score (nSPS) is 12.1. The van der Waals surface area contributed by atoms with E-state index in [0.29, 0.717) is 23.6 Å². The highest BCUT2D eigenvalue weighted by Gasteiger charge is 2.06. The lowest BCUT2D eigenvalue weighted by atomic mass is 10.4. The van der Waals surface area contributed by atoms with E-state index in [4.69, 9.17) is 17.5 Å². The zero-order valence-electron chi connectivity index (χ0n) is 9.54. The topological polar surface area (TPSA) is 112 Å². The molecule has 0 spiro atoms. The van der Waals surface area contributed by atoms with E-state index in [0.717, 1.165) is 12.2 Å². The fourth-order valence-electron chi connectivity index (χ4n) is 0.675. The van der Waals surface area contributed by atoms with E-state index in [2.05, 4.69) is 12.5 Å². The Hall–Kier alpha value is 0.170. The second kappa shape index (κ2) is 8.29. The van der Waals surface area contributed by atoms with Crippen molar-refractivity contribution in [3.8, 4) is 0 Å². The molecular weight excluding hydrogens is 276 g/mol. The van der Waals surface area contributed by atoms with Gasteiger partial charge in [-0.2, -0.15) is 8.42 Å². The summed E-state index contributed by atoms with van der Waals surface area (Å²) in [4.78, 5) is 0. The molecule has 1 N–H and O–H groups in total. The molecular formula is C7H18O6S3. The van der Waals surface area contributed by atoms with Crippen molar-refractivity contribution in [3.05, 3.63) is 0 Å². The minimum Gasteiger partial charge on any atom is -0.748 e. The Morgan fingerprint density at radius 1 is 1.12 bits per heavy atom. The summed E-state index contributed by atoms with van der Waals surface area (Å²) in [5.41, 5.74) is 0. The van der Waals surface area contributed by atoms with Crippen LogP contribution >= 0.6 is 0 Å². The van der Waals surface area contributed by atoms with Crippen molar-refractivity contribution < 1.29 is 25.9 Å². The molecule has 0 radical (unpaired) electrons. The molecule has 0 aliphatic carbocycles. The van der Waals surface area contributed by atoms with Crippen LogP contribution in [0.3, 0.4) is 0 Å². The van der Waals surface area contributed by atoms with E-state index in [9.17, 15) is 8.42 Å². The molecule has 6 nitrogen and oxygen atoms in total. The van der Waals surface area contributed by atoms with Crippen LogP contribution < -0.4 is 0 Å². The maximum absolute atomic E-state index is 10.2. The van der Waals surface area contributed by atoms with Crippen molar-refractivity contribution in [2.75, 3.05) is 30.3 Å². The van der Waals surface area contributed by atoms with E-state index in [-0.39, 0.29) is 5.75 Å². The Morgan fingerprint density at radius 3 is 1.75 bits per heavy atom. The largest absolute Gasteiger partial charge is 0.748 e. The fourth-order valence-corrected chi connectivity index (χ4v) is 2.03. The van der Waals surface area contributed by atoms with Crippen LogP contribution in [0.15, 0.2) is 0 Å². The van der Waals surface area contributed by atoms with Gasteiger partial charge in [0.05, 0.1) is 28.4 Å². The Morgan fingerprint density at radius 2 is 1.50 bits per heavy atom. The van der Waals surface area contributed by atoms with Crippen LogP contribution in [0.5, 0.6) is 0 Å². The number of unbranched alkanes of at least 4 members (excludes halogenated alkanes) is 1. The monoisotopic (exact) mass is 294 g/mol. The zero-order valence-corrected chi connectivity index (χ0v) is 12.0. The number of hydrogen-bond donors (Lipinski definition) is 1. The van der Waals surface area contributed by atoms with Crippen LogP contribution in [0.4, 0.5) is 0 Å². The Kier molecular flexibility index (Phi) is 9.60. The SMILES string of the molecule is CS(=O)(=O)[O-].C[S+](C)CCCCS(=O)(=O)O. The summed E-state index contributed by atoms with van der Waals surface area (Å²) in [6, 6.07) is 0. The van der Waals surface area contributed by atoms with Gasteiger partial charge in [0.25, 0.3) is 10.1 Å². The summed E-state index contributed by atoms with van der Waals surface area (Å²) in [6.45, 7) is 0. The fraction of sp³-hybridized carbons (Fsp3) is 1.00. The van der Waals surface area contributed by atoms with Gasteiger partial charge in [0.2, 0.25) is 0 Å². The van der Waals surface area contributed by atoms with Gasteiger partial charge in [-0.05, 0) is 23.7 Å². The Labute approximate surface area is 100 Å². The van der Waals surface area contributed by atoms with E-state index in [1.165, 1.54) is 0 Å². The summed E-state index contributed by atoms with van der Waals surface area (Å²) in [7, 11) is -7.26. The molecule has 0 saturated carbocycles. The quantitative estimate of drug-likeness (QED) is 0.423. The molecule has 0 saturated heterocycles. The molecule has 0 aliphatic heterocycles. The summed E-state index contributed by atoms with van der Waals surface area (Å²) in [6.07, 6.45) is 6.30. The molecule has 0 atom stereocenters. The van der Waals surface area contributed by atoms with Crippen LogP contribution in [0.1, 0.15) is 12.8 Å². The van der Waals surface area contributed by atoms with Crippen molar-refractivity contribution in [2.24, 2.45) is 0 Å². The number of hydrogen-bond acceptors (Lipinski definition) is 5. The minimum absolute atomic E-state index is 0.0931. The third-order valence-electron chi connectivity index (χ3n) is 1.20. The average Bonchev–Trinajstić information content (AvgIpc) is 1.92. The molecule has 0 aromatic heterocycles. The lowest BCUT2D eigenvalue weighted by Crippen LogP contribution is -2.07. The highest BCUT2D eigenvalue weighted by Crippen LogP contribution is 1.97. The third kappa shape index (κ3) is 36.8. The first kappa shape index (κ1) is 18.5. The lowest BCUT2D eigenvalue weighted by Gasteiger charge is -1.96. The highest BCUT2D eigenvalue weighted by molar-refractivity contribution is 7.95. The summed E-state index contributed by atoms with van der Waals surface area (Å²) in [5.74, 6) is 0.958. The van der Waals surface area contributed by atoms with Crippen molar-refractivity contribution in [1.82, 2.24) is 0 Å². The molecule has 0 aromatic carbocycles. The van der Waals surface area contributed by atoms with E-state index in [1.807, 2.05) is 0 Å². The third-order valence-corrected chi connectivity index (χ3v) is 3.11. The van der Waals surface area contributed by atoms with Gasteiger partial charge in [0.1, 0.15) is 5.75 Å². The Bertz CT molecular complexity index is 348. The minimum atomic E-state index is -3.92. The van der Waals surface area contributed by atoms with Gasteiger partial charge in [0.15, 0.2) is 0 Å². The zero-order chi connectivity index (χ0) is 13.4. The molecule has 100 valence electrons. The first-order valence-electron chi connectivity index (χ1n) is 4.32.